The van der Waals surface area contributed by atoms with E-state index >= 15 is 0 Å². The molecule has 0 aliphatic heterocycles. The Hall–Kier alpha value is -2.70. The largest absolute Gasteiger partial charge is 0.506 e. The number of nitrogens with zero attached hydrogens (tertiary/aromatic N) is 2. The van der Waals surface area contributed by atoms with Crippen LogP contribution in [0.3, 0.4) is 0 Å². The first-order chi connectivity index (χ1) is 11.8. The Kier molecular flexibility index (Phi) is 7.46. The highest BCUT2D eigenvalue weighted by Crippen LogP contribution is 2.24. The van der Waals surface area contributed by atoms with Crippen molar-refractivity contribution in [1.29, 1.82) is 0 Å². The van der Waals surface area contributed by atoms with Crippen LogP contribution >= 0.6 is 0 Å². The van der Waals surface area contributed by atoms with Gasteiger partial charge in [0.1, 0.15) is 22.9 Å². The molecule has 2 N–H and O–H groups in total. The SMILES string of the molecule is Oc1ccccc1N=CCOCCOCC=Nc1ccccc1O. The summed E-state index contributed by atoms with van der Waals surface area (Å²) in [5.74, 6) is 0.279. The lowest BCUT2D eigenvalue weighted by Gasteiger charge is -2.02. The lowest BCUT2D eigenvalue weighted by Crippen LogP contribution is -2.07. The van der Waals surface area contributed by atoms with Crippen LogP contribution in [0.25, 0.3) is 0 Å². The van der Waals surface area contributed by atoms with E-state index in [0.29, 0.717) is 37.8 Å². The third kappa shape index (κ3) is 6.20. The monoisotopic (exact) mass is 328 g/mol. The second-order valence-corrected chi connectivity index (χ2v) is 4.75. The average molecular weight is 328 g/mol. The Bertz CT molecular complexity index is 627. The fourth-order valence-corrected chi connectivity index (χ4v) is 1.81. The zero-order valence-electron chi connectivity index (χ0n) is 13.2. The van der Waals surface area contributed by atoms with E-state index in [0.717, 1.165) is 0 Å². The number of benzene rings is 2. The highest BCUT2D eigenvalue weighted by Gasteiger charge is 1.95. The molecule has 0 aliphatic carbocycles. The van der Waals surface area contributed by atoms with Gasteiger partial charge in [-0.15, -0.1) is 0 Å². The third-order valence-electron chi connectivity index (χ3n) is 2.98. The standard InChI is InChI=1S/C18H20N2O4/c21-17-7-3-1-5-15(17)19-9-11-23-13-14-24-12-10-20-16-6-2-4-8-18(16)22/h1-10,21-22H,11-14H2. The van der Waals surface area contributed by atoms with E-state index in [4.69, 9.17) is 9.47 Å². The Morgan fingerprint density at radius 3 is 1.54 bits per heavy atom. The minimum atomic E-state index is 0.140. The minimum Gasteiger partial charge on any atom is -0.506 e. The van der Waals surface area contributed by atoms with Gasteiger partial charge in [0, 0.05) is 12.4 Å². The fourth-order valence-electron chi connectivity index (χ4n) is 1.81. The van der Waals surface area contributed by atoms with Gasteiger partial charge in [-0.1, -0.05) is 24.3 Å². The quantitative estimate of drug-likeness (QED) is 0.547. The summed E-state index contributed by atoms with van der Waals surface area (Å²) in [6, 6.07) is 13.7. The second-order valence-electron chi connectivity index (χ2n) is 4.75. The van der Waals surface area contributed by atoms with Crippen LogP contribution in [0.4, 0.5) is 11.4 Å². The van der Waals surface area contributed by atoms with Crippen molar-refractivity contribution in [3.8, 4) is 11.5 Å². The number of phenols is 2. The summed E-state index contributed by atoms with van der Waals surface area (Å²) >= 11 is 0. The number of phenolic OH excluding ortho intramolecular Hbond substituents is 2. The number of para-hydroxylation sites is 4. The molecule has 0 spiro atoms. The minimum absolute atomic E-state index is 0.140. The first kappa shape index (κ1) is 17.7. The fraction of sp³-hybridized carbons (Fsp3) is 0.222. The van der Waals surface area contributed by atoms with Gasteiger partial charge in [0.15, 0.2) is 0 Å². The normalized spacial score (nSPS) is 11.5. The van der Waals surface area contributed by atoms with Gasteiger partial charge in [0.2, 0.25) is 0 Å². The van der Waals surface area contributed by atoms with Crippen LogP contribution in [0.5, 0.6) is 11.5 Å². The van der Waals surface area contributed by atoms with Crippen LogP contribution in [0.15, 0.2) is 58.5 Å². The zero-order valence-corrected chi connectivity index (χ0v) is 13.2. The molecule has 126 valence electrons. The Labute approximate surface area is 140 Å². The average Bonchev–Trinajstić information content (AvgIpc) is 2.59. The Balaban J connectivity index is 1.54. The first-order valence-electron chi connectivity index (χ1n) is 7.54. The third-order valence-corrected chi connectivity index (χ3v) is 2.98. The van der Waals surface area contributed by atoms with Gasteiger partial charge in [-0.3, -0.25) is 9.98 Å². The summed E-state index contributed by atoms with van der Waals surface area (Å²) in [4.78, 5) is 8.22. The highest BCUT2D eigenvalue weighted by atomic mass is 16.5. The highest BCUT2D eigenvalue weighted by molar-refractivity contribution is 5.67. The second kappa shape index (κ2) is 10.1. The molecule has 0 saturated heterocycles. The molecule has 0 atom stereocenters. The topological polar surface area (TPSA) is 83.6 Å². The van der Waals surface area contributed by atoms with Gasteiger partial charge in [-0.25, -0.2) is 0 Å². The molecule has 0 saturated carbocycles. The van der Waals surface area contributed by atoms with Gasteiger partial charge in [-0.05, 0) is 24.3 Å². The van der Waals surface area contributed by atoms with Crippen LogP contribution in [-0.4, -0.2) is 49.1 Å². The van der Waals surface area contributed by atoms with Crippen molar-refractivity contribution < 1.29 is 19.7 Å². The summed E-state index contributed by atoms with van der Waals surface area (Å²) < 4.78 is 10.7. The summed E-state index contributed by atoms with van der Waals surface area (Å²) in [6.45, 7) is 1.53. The van der Waals surface area contributed by atoms with Crippen LogP contribution in [0.2, 0.25) is 0 Å². The van der Waals surface area contributed by atoms with E-state index in [1.165, 1.54) is 0 Å². The Morgan fingerprint density at radius 2 is 1.12 bits per heavy atom. The molecule has 2 rings (SSSR count). The lowest BCUT2D eigenvalue weighted by molar-refractivity contribution is 0.0810. The van der Waals surface area contributed by atoms with Crippen LogP contribution in [0.1, 0.15) is 0 Å². The van der Waals surface area contributed by atoms with Gasteiger partial charge >= 0.3 is 0 Å². The molecule has 2 aromatic rings. The molecular weight excluding hydrogens is 308 g/mol. The summed E-state index contributed by atoms with van der Waals surface area (Å²) in [5, 5.41) is 19.1. The number of rotatable bonds is 9. The molecule has 6 nitrogen and oxygen atoms in total. The van der Waals surface area contributed by atoms with E-state index in [9.17, 15) is 10.2 Å². The molecule has 0 heterocycles. The van der Waals surface area contributed by atoms with Crippen molar-refractivity contribution in [1.82, 2.24) is 0 Å². The molecule has 0 fully saturated rings. The molecule has 0 amide bonds. The number of aliphatic imine (C=N–C) groups is 2. The smallest absolute Gasteiger partial charge is 0.141 e. The van der Waals surface area contributed by atoms with Crippen molar-refractivity contribution in [2.75, 3.05) is 26.4 Å². The molecule has 0 unspecified atom stereocenters. The van der Waals surface area contributed by atoms with E-state index < -0.39 is 0 Å². The van der Waals surface area contributed by atoms with Gasteiger partial charge in [-0.2, -0.15) is 0 Å². The van der Waals surface area contributed by atoms with Crippen LogP contribution in [-0.2, 0) is 9.47 Å². The van der Waals surface area contributed by atoms with Gasteiger partial charge in [0.05, 0.1) is 26.4 Å². The molecule has 6 heteroatoms. The van der Waals surface area contributed by atoms with Gasteiger partial charge in [0.25, 0.3) is 0 Å². The van der Waals surface area contributed by atoms with E-state index in [2.05, 4.69) is 9.98 Å². The molecular formula is C18H20N2O4. The van der Waals surface area contributed by atoms with Crippen molar-refractivity contribution >= 4 is 23.8 Å². The predicted molar refractivity (Wildman–Crippen MR) is 94.2 cm³/mol. The zero-order chi connectivity index (χ0) is 17.0. The van der Waals surface area contributed by atoms with E-state index in [-0.39, 0.29) is 11.5 Å². The molecule has 24 heavy (non-hydrogen) atoms. The van der Waals surface area contributed by atoms with Crippen molar-refractivity contribution in [3.63, 3.8) is 0 Å². The molecule has 0 bridgehead atoms. The van der Waals surface area contributed by atoms with Crippen molar-refractivity contribution in [2.45, 2.75) is 0 Å². The first-order valence-corrected chi connectivity index (χ1v) is 7.54. The molecule has 0 aliphatic rings. The molecule has 2 aromatic carbocycles. The molecule has 0 radical (unpaired) electrons. The Morgan fingerprint density at radius 1 is 0.708 bits per heavy atom. The van der Waals surface area contributed by atoms with Crippen molar-refractivity contribution in [3.05, 3.63) is 48.5 Å². The summed E-state index contributed by atoms with van der Waals surface area (Å²) in [5.41, 5.74) is 1.02. The maximum absolute atomic E-state index is 9.53. The van der Waals surface area contributed by atoms with E-state index in [1.54, 1.807) is 61.0 Å². The summed E-state index contributed by atoms with van der Waals surface area (Å²) in [6.07, 6.45) is 3.18. The number of hydrogen-bond donors (Lipinski definition) is 2. The van der Waals surface area contributed by atoms with Crippen molar-refractivity contribution in [2.24, 2.45) is 9.98 Å². The lowest BCUT2D eigenvalue weighted by atomic mass is 10.3. The maximum atomic E-state index is 9.53. The summed E-state index contributed by atoms with van der Waals surface area (Å²) in [7, 11) is 0. The molecule has 0 aromatic heterocycles. The number of ether oxygens (including phenoxy) is 2. The number of aromatic hydroxyl groups is 2. The maximum Gasteiger partial charge on any atom is 0.141 e. The van der Waals surface area contributed by atoms with Crippen LogP contribution < -0.4 is 0 Å². The van der Waals surface area contributed by atoms with E-state index in [1.807, 2.05) is 0 Å². The van der Waals surface area contributed by atoms with Gasteiger partial charge < -0.3 is 19.7 Å². The van der Waals surface area contributed by atoms with Crippen LogP contribution in [0, 0.1) is 0 Å². The predicted octanol–water partition coefficient (Wildman–Crippen LogP) is 3.24. The number of hydrogen-bond acceptors (Lipinski definition) is 6.